The van der Waals surface area contributed by atoms with Crippen LogP contribution in [0.5, 0.6) is 0 Å². The first kappa shape index (κ1) is 24.7. The van der Waals surface area contributed by atoms with E-state index in [4.69, 9.17) is 23.2 Å². The van der Waals surface area contributed by atoms with E-state index in [0.717, 1.165) is 38.9 Å². The third-order valence-electron chi connectivity index (χ3n) is 9.69. The third kappa shape index (κ3) is 6.06. The lowest BCUT2D eigenvalue weighted by Crippen LogP contribution is -2.02. The van der Waals surface area contributed by atoms with Crippen LogP contribution in [0.1, 0.15) is 11.0 Å². The molecule has 2 aromatic heterocycles. The van der Waals surface area contributed by atoms with Crippen LogP contribution in [0.4, 0.5) is 0 Å². The first-order valence-electron chi connectivity index (χ1n) is 21.9. The van der Waals surface area contributed by atoms with E-state index in [2.05, 4.69) is 42.5 Å². The maximum Gasteiger partial charge on any atom is 0.164 e. The lowest BCUT2D eigenvalue weighted by Gasteiger charge is -2.16. The molecule has 0 atom stereocenters. The molecule has 55 heavy (non-hydrogen) atoms. The van der Waals surface area contributed by atoms with Crippen molar-refractivity contribution in [3.05, 3.63) is 206 Å². The summed E-state index contributed by atoms with van der Waals surface area (Å²) >= 11 is 0. The number of benzene rings is 8. The summed E-state index contributed by atoms with van der Waals surface area (Å²) in [6, 6.07) is 47.6. The van der Waals surface area contributed by atoms with Gasteiger partial charge in [0.05, 0.1) is 27.7 Å². The molecule has 4 heteroatoms. The fourth-order valence-electron chi connectivity index (χ4n) is 7.08. The first-order chi connectivity index (χ1) is 30.6. The molecule has 2 heterocycles. The normalized spacial score (nSPS) is 13.3. The van der Waals surface area contributed by atoms with Crippen LogP contribution in [0.15, 0.2) is 206 Å². The molecular formula is C51H34N4. The molecule has 0 aliphatic heterocycles. The Labute approximate surface area is 331 Å². The molecule has 0 unspecified atom stereocenters. The molecule has 10 aromatic rings. The highest BCUT2D eigenvalue weighted by atomic mass is 15.0. The number of hydrogen-bond acceptors (Lipinski definition) is 3. The van der Waals surface area contributed by atoms with Gasteiger partial charge in [0.1, 0.15) is 0 Å². The first-order valence-corrected chi connectivity index (χ1v) is 17.9. The molecule has 8 aromatic carbocycles. The van der Waals surface area contributed by atoms with Crippen LogP contribution in [-0.4, -0.2) is 19.5 Å². The van der Waals surface area contributed by atoms with E-state index in [9.17, 15) is 2.74 Å². The number of rotatable bonds is 7. The van der Waals surface area contributed by atoms with Crippen LogP contribution in [0.3, 0.4) is 0 Å². The fourth-order valence-corrected chi connectivity index (χ4v) is 7.08. The summed E-state index contributed by atoms with van der Waals surface area (Å²) in [6.45, 7) is 0. The molecule has 0 aliphatic carbocycles. The predicted molar refractivity (Wildman–Crippen MR) is 227 cm³/mol. The standard InChI is InChI=1S/C51H34N4/c1-5-17-35(18-6-1)40-31-41(36-19-7-2-8-20-36)33-42(32-40)51-53-49(38-23-11-4-12-24-38)52-50(54-51)39-29-30-43(37-21-9-3-10-22-37)48(34-39)55-46-27-15-13-25-44(46)45-26-14-16-28-47(45)55/h1-34H/i13D,14D,15D,16D,25D,26D,27D,28D. The van der Waals surface area contributed by atoms with Gasteiger partial charge in [0, 0.05) is 33.0 Å². The summed E-state index contributed by atoms with van der Waals surface area (Å²) in [5, 5.41) is -0.0116. The number of nitrogens with zero attached hydrogens (tertiary/aromatic N) is 4. The Balaban J connectivity index is 1.29. The van der Waals surface area contributed by atoms with Crippen molar-refractivity contribution in [2.45, 2.75) is 0 Å². The van der Waals surface area contributed by atoms with Crippen LogP contribution in [0, 0.1) is 0 Å². The SMILES string of the molecule is [2H]c1c([2H])c([2H])c2c(c1[2H])c1c([2H])c([2H])c([2H])c([2H])c1n2-c1cc(-c2nc(-c3ccccc3)nc(-c3cc(-c4ccccc4)cc(-c4ccccc4)c3)n2)ccc1-c1ccccc1. The van der Waals surface area contributed by atoms with Crippen molar-refractivity contribution in [2.24, 2.45) is 0 Å². The van der Waals surface area contributed by atoms with Gasteiger partial charge in [-0.2, -0.15) is 0 Å². The van der Waals surface area contributed by atoms with Crippen molar-refractivity contribution in [1.82, 2.24) is 19.5 Å². The van der Waals surface area contributed by atoms with Crippen LogP contribution in [-0.2, 0) is 0 Å². The molecule has 0 saturated heterocycles. The molecule has 0 radical (unpaired) electrons. The minimum Gasteiger partial charge on any atom is -0.309 e. The van der Waals surface area contributed by atoms with E-state index >= 15 is 0 Å². The molecule has 0 saturated carbocycles. The monoisotopic (exact) mass is 710 g/mol. The summed E-state index contributed by atoms with van der Waals surface area (Å²) < 4.78 is 72.7. The predicted octanol–water partition coefficient (Wildman–Crippen LogP) is 13.0. The summed E-state index contributed by atoms with van der Waals surface area (Å²) in [5.74, 6) is 1.16. The van der Waals surface area contributed by atoms with Crippen molar-refractivity contribution in [2.75, 3.05) is 0 Å². The molecular weight excluding hydrogens is 669 g/mol. The van der Waals surface area contributed by atoms with Crippen molar-refractivity contribution >= 4 is 21.8 Å². The Morgan fingerprint density at radius 2 is 0.764 bits per heavy atom. The van der Waals surface area contributed by atoms with Gasteiger partial charge < -0.3 is 4.57 Å². The van der Waals surface area contributed by atoms with Gasteiger partial charge in [0.25, 0.3) is 0 Å². The third-order valence-corrected chi connectivity index (χ3v) is 9.69. The largest absolute Gasteiger partial charge is 0.309 e. The van der Waals surface area contributed by atoms with Crippen LogP contribution in [0.25, 0.3) is 95.0 Å². The molecule has 4 nitrogen and oxygen atoms in total. The average molecular weight is 711 g/mol. The van der Waals surface area contributed by atoms with E-state index in [1.807, 2.05) is 115 Å². The Morgan fingerprint density at radius 3 is 1.29 bits per heavy atom. The van der Waals surface area contributed by atoms with Gasteiger partial charge in [-0.15, -0.1) is 0 Å². The summed E-state index contributed by atoms with van der Waals surface area (Å²) in [4.78, 5) is 15.3. The van der Waals surface area contributed by atoms with Crippen molar-refractivity contribution in [3.63, 3.8) is 0 Å². The van der Waals surface area contributed by atoms with Gasteiger partial charge >= 0.3 is 0 Å². The van der Waals surface area contributed by atoms with E-state index in [-0.39, 0.29) is 33.9 Å². The van der Waals surface area contributed by atoms with Crippen LogP contribution >= 0.6 is 0 Å². The maximum atomic E-state index is 9.23. The molecule has 0 N–H and O–H groups in total. The topological polar surface area (TPSA) is 43.6 Å². The summed E-state index contributed by atoms with van der Waals surface area (Å²) in [6.07, 6.45) is 0. The molecule has 258 valence electrons. The van der Waals surface area contributed by atoms with E-state index in [1.54, 1.807) is 4.57 Å². The molecule has 0 aliphatic rings. The Hall–Kier alpha value is -7.43. The second-order valence-corrected chi connectivity index (χ2v) is 13.1. The Morgan fingerprint density at radius 1 is 0.345 bits per heavy atom. The van der Waals surface area contributed by atoms with Gasteiger partial charge in [-0.1, -0.05) is 170 Å². The minimum atomic E-state index is -0.506. The van der Waals surface area contributed by atoms with Gasteiger partial charge in [0.15, 0.2) is 17.5 Å². The van der Waals surface area contributed by atoms with Crippen molar-refractivity contribution in [1.29, 1.82) is 0 Å². The molecule has 10 rings (SSSR count). The highest BCUT2D eigenvalue weighted by Gasteiger charge is 2.19. The van der Waals surface area contributed by atoms with Crippen molar-refractivity contribution < 1.29 is 11.0 Å². The zero-order valence-electron chi connectivity index (χ0n) is 37.3. The average Bonchev–Trinajstić information content (AvgIpc) is 3.71. The minimum absolute atomic E-state index is 0.00579. The summed E-state index contributed by atoms with van der Waals surface area (Å²) in [5.41, 5.74) is 7.90. The van der Waals surface area contributed by atoms with Gasteiger partial charge in [-0.3, -0.25) is 0 Å². The zero-order chi connectivity index (χ0) is 43.5. The van der Waals surface area contributed by atoms with Gasteiger partial charge in [-0.25, -0.2) is 15.0 Å². The fraction of sp³-hybridized carbons (Fsp3) is 0. The Bertz CT molecular complexity index is 3280. The number of fused-ring (bicyclic) bond motifs is 3. The number of aromatic nitrogens is 4. The lowest BCUT2D eigenvalue weighted by molar-refractivity contribution is 1.07. The smallest absolute Gasteiger partial charge is 0.164 e. The number of hydrogen-bond donors (Lipinski definition) is 0. The van der Waals surface area contributed by atoms with Crippen molar-refractivity contribution in [3.8, 4) is 73.2 Å². The second-order valence-electron chi connectivity index (χ2n) is 13.1. The van der Waals surface area contributed by atoms with E-state index < -0.39 is 36.3 Å². The molecule has 0 spiro atoms. The second kappa shape index (κ2) is 13.8. The number of para-hydroxylation sites is 2. The summed E-state index contributed by atoms with van der Waals surface area (Å²) in [7, 11) is 0. The Kier molecular flexibility index (Phi) is 6.23. The quantitative estimate of drug-likeness (QED) is 0.165. The van der Waals surface area contributed by atoms with Crippen LogP contribution < -0.4 is 0 Å². The zero-order valence-corrected chi connectivity index (χ0v) is 29.3. The lowest BCUT2D eigenvalue weighted by atomic mass is 9.96. The highest BCUT2D eigenvalue weighted by Crippen LogP contribution is 2.39. The van der Waals surface area contributed by atoms with Gasteiger partial charge in [0.2, 0.25) is 0 Å². The molecule has 0 bridgehead atoms. The maximum absolute atomic E-state index is 9.23. The molecule has 0 fully saturated rings. The van der Waals surface area contributed by atoms with E-state index in [1.165, 1.54) is 0 Å². The molecule has 0 amide bonds. The van der Waals surface area contributed by atoms with Gasteiger partial charge in [-0.05, 0) is 64.2 Å². The van der Waals surface area contributed by atoms with Crippen LogP contribution in [0.2, 0.25) is 0 Å². The van der Waals surface area contributed by atoms with E-state index in [0.29, 0.717) is 34.3 Å². The highest BCUT2D eigenvalue weighted by molar-refractivity contribution is 6.09.